The van der Waals surface area contributed by atoms with E-state index in [1.807, 2.05) is 4.90 Å². The summed E-state index contributed by atoms with van der Waals surface area (Å²) in [6.45, 7) is 2.98. The summed E-state index contributed by atoms with van der Waals surface area (Å²) in [5.41, 5.74) is -0.199. The molecule has 0 bridgehead atoms. The molecule has 1 fully saturated rings. The molecule has 2 amide bonds. The van der Waals surface area contributed by atoms with Gasteiger partial charge in [0.1, 0.15) is 0 Å². The third kappa shape index (κ3) is 5.54. The molecule has 3 rings (SSSR count). The van der Waals surface area contributed by atoms with Crippen LogP contribution >= 0.6 is 11.6 Å². The number of hydrogen-bond donors (Lipinski definition) is 2. The fourth-order valence-electron chi connectivity index (χ4n) is 3.32. The molecule has 0 atom stereocenters. The number of anilines is 1. The number of likely N-dealkylation sites (tertiary alicyclic amines) is 1. The van der Waals surface area contributed by atoms with Gasteiger partial charge in [-0.1, -0.05) is 11.6 Å². The van der Waals surface area contributed by atoms with Gasteiger partial charge in [0.05, 0.1) is 23.4 Å². The number of hydrogen-bond acceptors (Lipinski definition) is 4. The Labute approximate surface area is 176 Å². The second-order valence-electron chi connectivity index (χ2n) is 7.20. The van der Waals surface area contributed by atoms with Crippen molar-refractivity contribution in [2.75, 3.05) is 25.0 Å². The number of halogens is 4. The molecule has 6 nitrogen and oxygen atoms in total. The molecule has 0 unspecified atom stereocenters. The van der Waals surface area contributed by atoms with Crippen molar-refractivity contribution in [3.05, 3.63) is 52.4 Å². The number of aryl methyl sites for hydroxylation is 1. The summed E-state index contributed by atoms with van der Waals surface area (Å²) in [6.07, 6.45) is -1.84. The van der Waals surface area contributed by atoms with Gasteiger partial charge in [0.25, 0.3) is 5.91 Å². The van der Waals surface area contributed by atoms with Gasteiger partial charge in [-0.05, 0) is 44.0 Å². The quantitative estimate of drug-likeness (QED) is 0.729. The summed E-state index contributed by atoms with van der Waals surface area (Å²) in [7, 11) is 0. The second-order valence-corrected chi connectivity index (χ2v) is 7.60. The highest BCUT2D eigenvalue weighted by Gasteiger charge is 2.33. The maximum absolute atomic E-state index is 12.9. The lowest BCUT2D eigenvalue weighted by atomic mass is 10.0. The highest BCUT2D eigenvalue weighted by atomic mass is 35.5. The first-order chi connectivity index (χ1) is 14.1. The van der Waals surface area contributed by atoms with Crippen molar-refractivity contribution < 1.29 is 27.2 Å². The largest absolute Gasteiger partial charge is 0.459 e. The first-order valence-corrected chi connectivity index (χ1v) is 9.75. The third-order valence-electron chi connectivity index (χ3n) is 4.91. The lowest BCUT2D eigenvalue weighted by Crippen LogP contribution is -2.46. The zero-order valence-electron chi connectivity index (χ0n) is 16.2. The molecule has 2 aromatic rings. The van der Waals surface area contributed by atoms with E-state index in [2.05, 4.69) is 10.6 Å². The van der Waals surface area contributed by atoms with Crippen LogP contribution in [0.1, 0.15) is 34.5 Å². The van der Waals surface area contributed by atoms with E-state index in [9.17, 15) is 22.8 Å². The van der Waals surface area contributed by atoms with Crippen molar-refractivity contribution in [2.45, 2.75) is 32.0 Å². The predicted octanol–water partition coefficient (Wildman–Crippen LogP) is 4.09. The first-order valence-electron chi connectivity index (χ1n) is 9.37. The van der Waals surface area contributed by atoms with E-state index in [1.54, 1.807) is 13.0 Å². The van der Waals surface area contributed by atoms with Crippen LogP contribution in [0.15, 0.2) is 34.9 Å². The molecule has 30 heavy (non-hydrogen) atoms. The van der Waals surface area contributed by atoms with E-state index in [0.717, 1.165) is 17.7 Å². The van der Waals surface area contributed by atoms with Crippen LogP contribution in [-0.2, 0) is 11.0 Å². The minimum absolute atomic E-state index is 0.0349. The Morgan fingerprint density at radius 1 is 1.23 bits per heavy atom. The summed E-state index contributed by atoms with van der Waals surface area (Å²) < 4.78 is 44.0. The normalized spacial score (nSPS) is 15.8. The van der Waals surface area contributed by atoms with E-state index in [-0.39, 0.29) is 29.9 Å². The number of carbonyl (C=O) groups is 2. The van der Waals surface area contributed by atoms with Gasteiger partial charge in [0.15, 0.2) is 5.76 Å². The van der Waals surface area contributed by atoms with Crippen molar-refractivity contribution in [1.82, 2.24) is 10.2 Å². The number of benzene rings is 1. The molecule has 1 aromatic carbocycles. The lowest BCUT2D eigenvalue weighted by molar-refractivity contribution is -0.137. The SMILES string of the molecule is Cc1ccoc1C(=O)NC1CCN(CC(=O)Nc2ccc(Cl)c(C(F)(F)F)c2)CC1. The van der Waals surface area contributed by atoms with Crippen LogP contribution < -0.4 is 10.6 Å². The van der Waals surface area contributed by atoms with Crippen LogP contribution in [0, 0.1) is 6.92 Å². The van der Waals surface area contributed by atoms with E-state index < -0.39 is 22.7 Å². The summed E-state index contributed by atoms with van der Waals surface area (Å²) in [5.74, 6) is -0.394. The second kappa shape index (κ2) is 9.09. The molecule has 2 heterocycles. The lowest BCUT2D eigenvalue weighted by Gasteiger charge is -2.31. The van der Waals surface area contributed by atoms with Crippen LogP contribution in [0.5, 0.6) is 0 Å². The Bertz CT molecular complexity index is 922. The number of furan rings is 1. The van der Waals surface area contributed by atoms with Gasteiger partial charge < -0.3 is 15.1 Å². The molecule has 0 spiro atoms. The summed E-state index contributed by atoms with van der Waals surface area (Å²) in [4.78, 5) is 26.3. The van der Waals surface area contributed by atoms with Crippen LogP contribution in [0.3, 0.4) is 0 Å². The number of carbonyl (C=O) groups excluding carboxylic acids is 2. The van der Waals surface area contributed by atoms with Crippen molar-refractivity contribution in [3.63, 3.8) is 0 Å². The number of alkyl halides is 3. The van der Waals surface area contributed by atoms with Crippen LogP contribution in [0.2, 0.25) is 5.02 Å². The smallest absolute Gasteiger partial charge is 0.417 e. The predicted molar refractivity (Wildman–Crippen MR) is 105 cm³/mol. The number of nitrogens with zero attached hydrogens (tertiary/aromatic N) is 1. The number of nitrogens with one attached hydrogen (secondary N) is 2. The molecule has 1 aliphatic rings. The molecule has 1 saturated heterocycles. The molecule has 162 valence electrons. The topological polar surface area (TPSA) is 74.6 Å². The minimum atomic E-state index is -4.60. The Morgan fingerprint density at radius 3 is 2.53 bits per heavy atom. The zero-order valence-corrected chi connectivity index (χ0v) is 16.9. The standard InChI is InChI=1S/C20H21ClF3N3O3/c1-12-6-9-30-18(12)19(29)26-13-4-7-27(8-5-13)11-17(28)25-14-2-3-16(21)15(10-14)20(22,23)24/h2-3,6,9-10,13H,4-5,7-8,11H2,1H3,(H,25,28)(H,26,29). The highest BCUT2D eigenvalue weighted by molar-refractivity contribution is 6.31. The van der Waals surface area contributed by atoms with Crippen LogP contribution in [0.4, 0.5) is 18.9 Å². The van der Waals surface area contributed by atoms with Gasteiger partial charge in [-0.3, -0.25) is 14.5 Å². The average molecular weight is 444 g/mol. The molecule has 0 saturated carbocycles. The van der Waals surface area contributed by atoms with Gasteiger partial charge >= 0.3 is 6.18 Å². The van der Waals surface area contributed by atoms with Crippen molar-refractivity contribution in [3.8, 4) is 0 Å². The highest BCUT2D eigenvalue weighted by Crippen LogP contribution is 2.36. The Hall–Kier alpha value is -2.52. The Morgan fingerprint density at radius 2 is 1.93 bits per heavy atom. The van der Waals surface area contributed by atoms with Crippen molar-refractivity contribution >= 4 is 29.1 Å². The van der Waals surface area contributed by atoms with Crippen LogP contribution in [-0.4, -0.2) is 42.4 Å². The third-order valence-corrected chi connectivity index (χ3v) is 5.24. The molecule has 0 aliphatic carbocycles. The van der Waals surface area contributed by atoms with Gasteiger partial charge in [0.2, 0.25) is 5.91 Å². The van der Waals surface area contributed by atoms with Crippen molar-refractivity contribution in [2.24, 2.45) is 0 Å². The van der Waals surface area contributed by atoms with Crippen molar-refractivity contribution in [1.29, 1.82) is 0 Å². The summed E-state index contributed by atoms with van der Waals surface area (Å²) >= 11 is 5.59. The Kier molecular flexibility index (Phi) is 6.72. The van der Waals surface area contributed by atoms with E-state index in [0.29, 0.717) is 25.9 Å². The maximum atomic E-state index is 12.9. The van der Waals surface area contributed by atoms with Gasteiger partial charge in [-0.2, -0.15) is 13.2 Å². The zero-order chi connectivity index (χ0) is 21.9. The molecule has 0 radical (unpaired) electrons. The number of amides is 2. The van der Waals surface area contributed by atoms with Gasteiger partial charge in [0, 0.05) is 30.4 Å². The first kappa shape index (κ1) is 22.2. The molecular formula is C20H21ClF3N3O3. The van der Waals surface area contributed by atoms with E-state index >= 15 is 0 Å². The molecule has 2 N–H and O–H groups in total. The Balaban J connectivity index is 1.48. The summed E-state index contributed by atoms with van der Waals surface area (Å²) in [6, 6.07) is 4.93. The molecule has 1 aliphatic heterocycles. The van der Waals surface area contributed by atoms with E-state index in [4.69, 9.17) is 16.0 Å². The summed E-state index contributed by atoms with van der Waals surface area (Å²) in [5, 5.41) is 4.98. The fourth-order valence-corrected chi connectivity index (χ4v) is 3.54. The molecule has 10 heteroatoms. The monoisotopic (exact) mass is 443 g/mol. The number of rotatable bonds is 5. The molecule has 1 aromatic heterocycles. The number of piperidine rings is 1. The fraction of sp³-hybridized carbons (Fsp3) is 0.400. The van der Waals surface area contributed by atoms with Crippen LogP contribution in [0.25, 0.3) is 0 Å². The molecular weight excluding hydrogens is 423 g/mol. The minimum Gasteiger partial charge on any atom is -0.459 e. The maximum Gasteiger partial charge on any atom is 0.417 e. The van der Waals surface area contributed by atoms with E-state index in [1.165, 1.54) is 12.3 Å². The average Bonchev–Trinajstić information content (AvgIpc) is 3.10. The van der Waals surface area contributed by atoms with Gasteiger partial charge in [-0.15, -0.1) is 0 Å². The van der Waals surface area contributed by atoms with Gasteiger partial charge in [-0.25, -0.2) is 0 Å².